The van der Waals surface area contributed by atoms with E-state index in [1.807, 2.05) is 56.3 Å². The SMILES string of the molecule is COc1ccc(-c2nnc(SC(C)c3nc(N)nc(N(C)C)n3)n2-c2ccccc2C(C)C)cc1. The molecule has 2 N–H and O–H groups in total. The maximum absolute atomic E-state index is 5.96. The number of methoxy groups -OCH3 is 1. The molecular weight excluding hydrogens is 460 g/mol. The molecule has 0 amide bonds. The Hall–Kier alpha value is -3.66. The molecule has 2 aromatic carbocycles. The number of anilines is 2. The van der Waals surface area contributed by atoms with Gasteiger partial charge < -0.3 is 15.4 Å². The summed E-state index contributed by atoms with van der Waals surface area (Å²) in [5, 5.41) is 9.78. The van der Waals surface area contributed by atoms with Crippen LogP contribution < -0.4 is 15.4 Å². The lowest BCUT2D eigenvalue weighted by Crippen LogP contribution is -2.16. The number of rotatable bonds is 8. The van der Waals surface area contributed by atoms with Crippen LogP contribution in [0.2, 0.25) is 0 Å². The molecule has 2 aromatic heterocycles. The van der Waals surface area contributed by atoms with E-state index in [1.165, 1.54) is 17.3 Å². The fourth-order valence-corrected chi connectivity index (χ4v) is 4.57. The van der Waals surface area contributed by atoms with E-state index in [0.29, 0.717) is 17.7 Å². The van der Waals surface area contributed by atoms with E-state index in [-0.39, 0.29) is 11.2 Å². The first-order valence-corrected chi connectivity index (χ1v) is 12.2. The van der Waals surface area contributed by atoms with Crippen LogP contribution in [0.1, 0.15) is 43.3 Å². The average Bonchev–Trinajstić information content (AvgIpc) is 3.26. The van der Waals surface area contributed by atoms with Gasteiger partial charge in [-0.2, -0.15) is 15.0 Å². The molecule has 0 aliphatic carbocycles. The number of thioether (sulfide) groups is 1. The summed E-state index contributed by atoms with van der Waals surface area (Å²) < 4.78 is 7.44. The molecule has 9 nitrogen and oxygen atoms in total. The molecule has 0 saturated carbocycles. The summed E-state index contributed by atoms with van der Waals surface area (Å²) >= 11 is 1.53. The number of nitrogen functional groups attached to an aromatic ring is 1. The second-order valence-corrected chi connectivity index (χ2v) is 9.90. The number of nitrogens with two attached hydrogens (primary N) is 1. The van der Waals surface area contributed by atoms with Gasteiger partial charge in [0.2, 0.25) is 11.9 Å². The Morgan fingerprint density at radius 2 is 1.66 bits per heavy atom. The molecule has 10 heteroatoms. The Morgan fingerprint density at radius 3 is 2.31 bits per heavy atom. The predicted octanol–water partition coefficient (Wildman–Crippen LogP) is 4.75. The summed E-state index contributed by atoms with van der Waals surface area (Å²) in [5.74, 6) is 3.15. The normalized spacial score (nSPS) is 12.1. The monoisotopic (exact) mass is 490 g/mol. The summed E-state index contributed by atoms with van der Waals surface area (Å²) in [4.78, 5) is 15.0. The topological polar surface area (TPSA) is 108 Å². The Labute approximate surface area is 209 Å². The van der Waals surface area contributed by atoms with Gasteiger partial charge in [-0.1, -0.05) is 43.8 Å². The molecule has 0 radical (unpaired) electrons. The van der Waals surface area contributed by atoms with Gasteiger partial charge in [0.1, 0.15) is 11.6 Å². The lowest BCUT2D eigenvalue weighted by molar-refractivity contribution is 0.415. The van der Waals surface area contributed by atoms with Gasteiger partial charge in [0.05, 0.1) is 18.0 Å². The van der Waals surface area contributed by atoms with Crippen LogP contribution in [-0.2, 0) is 0 Å². The van der Waals surface area contributed by atoms with Crippen molar-refractivity contribution in [3.05, 3.63) is 59.9 Å². The highest BCUT2D eigenvalue weighted by atomic mass is 32.2. The quantitative estimate of drug-likeness (QED) is 0.350. The number of aromatic nitrogens is 6. The van der Waals surface area contributed by atoms with Crippen LogP contribution in [0.15, 0.2) is 53.7 Å². The highest BCUT2D eigenvalue weighted by Gasteiger charge is 2.23. The van der Waals surface area contributed by atoms with Crippen LogP contribution in [0.3, 0.4) is 0 Å². The number of benzene rings is 2. The van der Waals surface area contributed by atoms with Crippen molar-refractivity contribution in [3.8, 4) is 22.8 Å². The van der Waals surface area contributed by atoms with E-state index >= 15 is 0 Å². The second-order valence-electron chi connectivity index (χ2n) is 8.59. The lowest BCUT2D eigenvalue weighted by atomic mass is 10.0. The molecule has 1 atom stereocenters. The van der Waals surface area contributed by atoms with Gasteiger partial charge in [-0.25, -0.2) is 0 Å². The van der Waals surface area contributed by atoms with Crippen LogP contribution in [0.4, 0.5) is 11.9 Å². The molecule has 0 aliphatic rings. The molecule has 0 bridgehead atoms. The number of hydrogen-bond donors (Lipinski definition) is 1. The molecule has 0 spiro atoms. The summed E-state index contributed by atoms with van der Waals surface area (Å²) in [5.41, 5.74) is 9.15. The third-order valence-electron chi connectivity index (χ3n) is 5.49. The fraction of sp³-hybridized carbons (Fsp3) is 0.320. The van der Waals surface area contributed by atoms with Gasteiger partial charge >= 0.3 is 0 Å². The van der Waals surface area contributed by atoms with Crippen LogP contribution in [0.5, 0.6) is 5.75 Å². The molecule has 2 heterocycles. The van der Waals surface area contributed by atoms with Crippen molar-refractivity contribution in [1.82, 2.24) is 29.7 Å². The van der Waals surface area contributed by atoms with Crippen LogP contribution >= 0.6 is 11.8 Å². The first kappa shape index (κ1) is 24.5. The minimum atomic E-state index is -0.142. The number of hydrogen-bond acceptors (Lipinski definition) is 9. The fourth-order valence-electron chi connectivity index (χ4n) is 3.66. The first-order valence-electron chi connectivity index (χ1n) is 11.3. The molecule has 182 valence electrons. The number of para-hydroxylation sites is 1. The summed E-state index contributed by atoms with van der Waals surface area (Å²) in [6.07, 6.45) is 0. The van der Waals surface area contributed by atoms with E-state index in [2.05, 4.69) is 61.8 Å². The van der Waals surface area contributed by atoms with Crippen molar-refractivity contribution in [3.63, 3.8) is 0 Å². The van der Waals surface area contributed by atoms with Gasteiger partial charge in [-0.05, 0) is 48.7 Å². The van der Waals surface area contributed by atoms with E-state index < -0.39 is 0 Å². The van der Waals surface area contributed by atoms with E-state index in [9.17, 15) is 0 Å². The van der Waals surface area contributed by atoms with Crippen molar-refractivity contribution in [2.24, 2.45) is 0 Å². The molecular formula is C25H30N8OS. The molecule has 35 heavy (non-hydrogen) atoms. The highest BCUT2D eigenvalue weighted by molar-refractivity contribution is 7.99. The highest BCUT2D eigenvalue weighted by Crippen LogP contribution is 2.38. The molecule has 4 rings (SSSR count). The smallest absolute Gasteiger partial charge is 0.229 e. The third-order valence-corrected chi connectivity index (χ3v) is 6.52. The van der Waals surface area contributed by atoms with Gasteiger partial charge in [0.15, 0.2) is 11.0 Å². The van der Waals surface area contributed by atoms with Crippen molar-refractivity contribution < 1.29 is 4.74 Å². The minimum absolute atomic E-state index is 0.142. The Kier molecular flexibility index (Phi) is 7.20. The van der Waals surface area contributed by atoms with Crippen LogP contribution in [0.25, 0.3) is 17.1 Å². The van der Waals surface area contributed by atoms with Crippen LogP contribution in [0, 0.1) is 0 Å². The summed E-state index contributed by atoms with van der Waals surface area (Å²) in [7, 11) is 5.40. The van der Waals surface area contributed by atoms with Crippen molar-refractivity contribution in [1.29, 1.82) is 0 Å². The minimum Gasteiger partial charge on any atom is -0.497 e. The van der Waals surface area contributed by atoms with Crippen LogP contribution in [-0.4, -0.2) is 50.9 Å². The number of ether oxygens (including phenoxy) is 1. The predicted molar refractivity (Wildman–Crippen MR) is 140 cm³/mol. The zero-order chi connectivity index (χ0) is 25.1. The lowest BCUT2D eigenvalue weighted by Gasteiger charge is -2.18. The number of nitrogens with zero attached hydrogens (tertiary/aromatic N) is 7. The first-order chi connectivity index (χ1) is 16.8. The van der Waals surface area contributed by atoms with Gasteiger partial charge in [0.25, 0.3) is 0 Å². The van der Waals surface area contributed by atoms with E-state index in [4.69, 9.17) is 10.5 Å². The third kappa shape index (κ3) is 5.22. The Balaban J connectivity index is 1.81. The molecule has 0 saturated heterocycles. The van der Waals surface area contributed by atoms with Crippen molar-refractivity contribution >= 4 is 23.7 Å². The summed E-state index contributed by atoms with van der Waals surface area (Å²) in [6, 6.07) is 16.2. The largest absolute Gasteiger partial charge is 0.497 e. The maximum Gasteiger partial charge on any atom is 0.229 e. The zero-order valence-electron chi connectivity index (χ0n) is 20.8. The van der Waals surface area contributed by atoms with E-state index in [1.54, 1.807) is 7.11 Å². The van der Waals surface area contributed by atoms with Gasteiger partial charge in [-0.15, -0.1) is 10.2 Å². The Bertz CT molecular complexity index is 1300. The molecule has 0 fully saturated rings. The average molecular weight is 491 g/mol. The second kappa shape index (κ2) is 10.3. The zero-order valence-corrected chi connectivity index (χ0v) is 21.6. The Morgan fingerprint density at radius 1 is 0.943 bits per heavy atom. The molecule has 1 unspecified atom stereocenters. The van der Waals surface area contributed by atoms with Crippen molar-refractivity contribution in [2.45, 2.75) is 37.1 Å². The molecule has 0 aliphatic heterocycles. The van der Waals surface area contributed by atoms with Gasteiger partial charge in [0, 0.05) is 19.7 Å². The summed E-state index contributed by atoms with van der Waals surface area (Å²) in [6.45, 7) is 6.39. The van der Waals surface area contributed by atoms with Gasteiger partial charge in [-0.3, -0.25) is 4.57 Å². The molecule has 4 aromatic rings. The standard InChI is InChI=1S/C25H30N8OS/c1-15(2)19-9-7-8-10-20(19)33-22(17-11-13-18(34-6)14-12-17)30-31-25(33)35-16(3)21-27-23(26)29-24(28-21)32(4)5/h7-16H,1-6H3,(H2,26,27,28,29). The van der Waals surface area contributed by atoms with E-state index in [0.717, 1.165) is 28.0 Å². The van der Waals surface area contributed by atoms with Crippen molar-refractivity contribution in [2.75, 3.05) is 31.8 Å². The maximum atomic E-state index is 5.96.